The van der Waals surface area contributed by atoms with Gasteiger partial charge in [-0.25, -0.2) is 4.90 Å². The zero-order chi connectivity index (χ0) is 20.7. The lowest BCUT2D eigenvalue weighted by atomic mass is 9.97. The largest absolute Gasteiger partial charge is 0.343 e. The predicted molar refractivity (Wildman–Crippen MR) is 119 cm³/mol. The fraction of sp³-hybridized carbons (Fsp3) is 0.154. The average Bonchev–Trinajstić information content (AvgIpc) is 3.26. The summed E-state index contributed by atoms with van der Waals surface area (Å²) in [5, 5.41) is 1.03. The van der Waals surface area contributed by atoms with Gasteiger partial charge >= 0.3 is 0 Å². The molecule has 0 N–H and O–H groups in total. The number of rotatable bonds is 4. The molecule has 4 heteroatoms. The van der Waals surface area contributed by atoms with Crippen LogP contribution in [0.25, 0.3) is 10.9 Å². The zero-order valence-electron chi connectivity index (χ0n) is 16.8. The van der Waals surface area contributed by atoms with Gasteiger partial charge < -0.3 is 4.57 Å². The number of benzene rings is 3. The number of nitrogens with zero attached hydrogens (tertiary/aromatic N) is 2. The van der Waals surface area contributed by atoms with Gasteiger partial charge in [0.05, 0.1) is 11.6 Å². The maximum Gasteiger partial charge on any atom is 0.241 e. The van der Waals surface area contributed by atoms with E-state index in [4.69, 9.17) is 0 Å². The fourth-order valence-corrected chi connectivity index (χ4v) is 4.41. The first-order valence-electron chi connectivity index (χ1n) is 10.2. The molecule has 3 aromatic carbocycles. The van der Waals surface area contributed by atoms with Crippen molar-refractivity contribution in [3.63, 3.8) is 0 Å². The number of carbonyl (C=O) groups excluding carboxylic acids is 2. The highest BCUT2D eigenvalue weighted by atomic mass is 16.2. The van der Waals surface area contributed by atoms with Crippen LogP contribution in [0.5, 0.6) is 0 Å². The lowest BCUT2D eigenvalue weighted by Crippen LogP contribution is -2.30. The normalized spacial score (nSPS) is 16.6. The predicted octanol–water partition coefficient (Wildman–Crippen LogP) is 5.05. The Bertz CT molecular complexity index is 1260. The minimum Gasteiger partial charge on any atom is -0.343 e. The Kier molecular flexibility index (Phi) is 4.47. The number of carbonyl (C=O) groups is 2. The van der Waals surface area contributed by atoms with E-state index in [9.17, 15) is 9.59 Å². The number of aromatic nitrogens is 1. The van der Waals surface area contributed by atoms with E-state index in [1.807, 2.05) is 67.6 Å². The van der Waals surface area contributed by atoms with E-state index in [1.54, 1.807) is 0 Å². The second-order valence-electron chi connectivity index (χ2n) is 7.83. The maximum absolute atomic E-state index is 13.4. The summed E-state index contributed by atoms with van der Waals surface area (Å²) in [7, 11) is 0. The molecule has 0 unspecified atom stereocenters. The summed E-state index contributed by atoms with van der Waals surface area (Å²) < 4.78 is 2.17. The van der Waals surface area contributed by atoms with Crippen molar-refractivity contribution in [2.24, 2.45) is 0 Å². The summed E-state index contributed by atoms with van der Waals surface area (Å²) in [5.41, 5.74) is 4.80. The van der Waals surface area contributed by atoms with Gasteiger partial charge in [-0.05, 0) is 35.7 Å². The van der Waals surface area contributed by atoms with Crippen molar-refractivity contribution in [3.8, 4) is 0 Å². The third kappa shape index (κ3) is 3.01. The molecule has 1 aromatic heterocycles. The molecule has 148 valence electrons. The minimum atomic E-state index is -0.459. The molecule has 1 fully saturated rings. The van der Waals surface area contributed by atoms with Crippen LogP contribution in [-0.4, -0.2) is 16.4 Å². The van der Waals surface area contributed by atoms with Gasteiger partial charge in [-0.1, -0.05) is 66.7 Å². The van der Waals surface area contributed by atoms with Crippen LogP contribution in [0.15, 0.2) is 85.1 Å². The lowest BCUT2D eigenvalue weighted by molar-refractivity contribution is -0.121. The van der Waals surface area contributed by atoms with Gasteiger partial charge in [0.15, 0.2) is 0 Å². The number of aryl methyl sites for hydroxylation is 1. The van der Waals surface area contributed by atoms with E-state index in [0.29, 0.717) is 5.69 Å². The molecule has 0 saturated carbocycles. The average molecular weight is 394 g/mol. The first-order valence-corrected chi connectivity index (χ1v) is 10.2. The first-order chi connectivity index (χ1) is 14.6. The zero-order valence-corrected chi connectivity index (χ0v) is 16.8. The fourth-order valence-electron chi connectivity index (χ4n) is 4.41. The van der Waals surface area contributed by atoms with Crippen molar-refractivity contribution >= 4 is 28.4 Å². The molecule has 1 atom stereocenters. The Morgan fingerprint density at radius 1 is 0.867 bits per heavy atom. The van der Waals surface area contributed by atoms with Crippen molar-refractivity contribution < 1.29 is 9.59 Å². The van der Waals surface area contributed by atoms with Gasteiger partial charge in [0.1, 0.15) is 0 Å². The van der Waals surface area contributed by atoms with Gasteiger partial charge in [0, 0.05) is 30.1 Å². The van der Waals surface area contributed by atoms with Crippen LogP contribution < -0.4 is 4.90 Å². The van der Waals surface area contributed by atoms with Gasteiger partial charge in [-0.15, -0.1) is 0 Å². The molecule has 0 aliphatic carbocycles. The summed E-state index contributed by atoms with van der Waals surface area (Å²) in [6.07, 6.45) is 2.25. The highest BCUT2D eigenvalue weighted by Crippen LogP contribution is 2.38. The van der Waals surface area contributed by atoms with Crippen molar-refractivity contribution in [1.29, 1.82) is 0 Å². The number of hydrogen-bond donors (Lipinski definition) is 0. The smallest absolute Gasteiger partial charge is 0.241 e. The van der Waals surface area contributed by atoms with Crippen molar-refractivity contribution in [2.45, 2.75) is 25.8 Å². The Labute approximate surface area is 175 Å². The molecule has 0 spiro atoms. The van der Waals surface area contributed by atoms with Gasteiger partial charge in [-0.3, -0.25) is 9.59 Å². The number of imide groups is 1. The highest BCUT2D eigenvalue weighted by Gasteiger charge is 2.42. The van der Waals surface area contributed by atoms with E-state index < -0.39 is 5.92 Å². The Morgan fingerprint density at radius 3 is 2.37 bits per heavy atom. The monoisotopic (exact) mass is 394 g/mol. The molecule has 0 radical (unpaired) electrons. The molecule has 2 amide bonds. The molecule has 0 bridgehead atoms. The van der Waals surface area contributed by atoms with Crippen LogP contribution in [-0.2, 0) is 16.1 Å². The molecule has 1 aliphatic heterocycles. The summed E-state index contributed by atoms with van der Waals surface area (Å²) >= 11 is 0. The van der Waals surface area contributed by atoms with Crippen LogP contribution in [0.2, 0.25) is 0 Å². The second-order valence-corrected chi connectivity index (χ2v) is 7.83. The third-order valence-corrected chi connectivity index (χ3v) is 5.89. The van der Waals surface area contributed by atoms with E-state index in [-0.39, 0.29) is 18.2 Å². The molecule has 4 aromatic rings. The van der Waals surface area contributed by atoms with Crippen LogP contribution in [0, 0.1) is 6.92 Å². The van der Waals surface area contributed by atoms with Crippen molar-refractivity contribution in [1.82, 2.24) is 4.57 Å². The van der Waals surface area contributed by atoms with Crippen LogP contribution in [0.3, 0.4) is 0 Å². The number of para-hydroxylation sites is 2. The number of hydrogen-bond acceptors (Lipinski definition) is 2. The van der Waals surface area contributed by atoms with Crippen molar-refractivity contribution in [3.05, 3.63) is 102 Å². The number of amides is 2. The Balaban J connectivity index is 1.56. The minimum absolute atomic E-state index is 0.140. The lowest BCUT2D eigenvalue weighted by Gasteiger charge is -2.17. The van der Waals surface area contributed by atoms with E-state index >= 15 is 0 Å². The van der Waals surface area contributed by atoms with Crippen molar-refractivity contribution in [2.75, 3.05) is 4.90 Å². The van der Waals surface area contributed by atoms with Gasteiger partial charge in [-0.2, -0.15) is 0 Å². The van der Waals surface area contributed by atoms with Gasteiger partial charge in [0.2, 0.25) is 11.8 Å². The van der Waals surface area contributed by atoms with Crippen LogP contribution in [0.4, 0.5) is 5.69 Å². The Hall–Kier alpha value is -3.66. The van der Waals surface area contributed by atoms with Crippen LogP contribution in [0.1, 0.15) is 29.0 Å². The van der Waals surface area contributed by atoms with E-state index in [2.05, 4.69) is 29.0 Å². The summed E-state index contributed by atoms with van der Waals surface area (Å²) in [6, 6.07) is 25.9. The molecule has 4 nitrogen and oxygen atoms in total. The first kappa shape index (κ1) is 18.4. The molecular weight excluding hydrogens is 372 g/mol. The number of anilines is 1. The highest BCUT2D eigenvalue weighted by molar-refractivity contribution is 6.23. The molecule has 5 rings (SSSR count). The topological polar surface area (TPSA) is 42.3 Å². The summed E-state index contributed by atoms with van der Waals surface area (Å²) in [5.74, 6) is -0.741. The quantitative estimate of drug-likeness (QED) is 0.455. The summed E-state index contributed by atoms with van der Waals surface area (Å²) in [6.45, 7) is 2.65. The maximum atomic E-state index is 13.4. The summed E-state index contributed by atoms with van der Waals surface area (Å²) in [4.78, 5) is 27.6. The Morgan fingerprint density at radius 2 is 1.57 bits per heavy atom. The molecule has 1 saturated heterocycles. The standard InChI is InChI=1S/C26H22N2O2/c1-18-9-5-7-13-23(18)28-25(29)15-21(26(28)30)22-17-27(16-19-10-3-2-4-11-19)24-14-8-6-12-20(22)24/h2-14,17,21H,15-16H2,1H3/t21-/m1/s1. The molecule has 30 heavy (non-hydrogen) atoms. The second kappa shape index (κ2) is 7.30. The van der Waals surface area contributed by atoms with Gasteiger partial charge in [0.25, 0.3) is 0 Å². The van der Waals surface area contributed by atoms with E-state index in [0.717, 1.165) is 28.6 Å². The molecule has 1 aliphatic rings. The van der Waals surface area contributed by atoms with E-state index in [1.165, 1.54) is 10.5 Å². The molecular formula is C26H22N2O2. The molecule has 2 heterocycles. The SMILES string of the molecule is Cc1ccccc1N1C(=O)C[C@H](c2cn(Cc3ccccc3)c3ccccc23)C1=O. The number of fused-ring (bicyclic) bond motifs is 1. The third-order valence-electron chi connectivity index (χ3n) is 5.89. The van der Waals surface area contributed by atoms with Crippen LogP contribution >= 0.6 is 0 Å².